The van der Waals surface area contributed by atoms with Crippen LogP contribution in [-0.2, 0) is 0 Å². The summed E-state index contributed by atoms with van der Waals surface area (Å²) in [6.07, 6.45) is 0. The van der Waals surface area contributed by atoms with Crippen molar-refractivity contribution >= 4 is 54.5 Å². The zero-order chi connectivity index (χ0) is 26.4. The van der Waals surface area contributed by atoms with Crippen LogP contribution in [0.3, 0.4) is 0 Å². The molecule has 0 radical (unpaired) electrons. The number of anilines is 3. The Morgan fingerprint density at radius 3 is 2.03 bits per heavy atom. The molecule has 162 valence electrons. The molecule has 0 heterocycles. The largest absolute Gasteiger partial charge is 0.310 e. The molecule has 6 aromatic carbocycles. The lowest BCUT2D eigenvalue weighted by atomic mass is 9.98. The number of hydrogen-bond acceptors (Lipinski definition) is 1. The number of halogens is 1. The van der Waals surface area contributed by atoms with E-state index in [9.17, 15) is 0 Å². The predicted octanol–water partition coefficient (Wildman–Crippen LogP) is 9.89. The van der Waals surface area contributed by atoms with E-state index >= 15 is 0 Å². The monoisotopic (exact) mass is 503 g/mol. The molecule has 0 amide bonds. The van der Waals surface area contributed by atoms with Crippen molar-refractivity contribution in [3.63, 3.8) is 0 Å². The van der Waals surface area contributed by atoms with Gasteiger partial charge in [-0.2, -0.15) is 0 Å². The van der Waals surface area contributed by atoms with E-state index in [-0.39, 0.29) is 29.9 Å². The Kier molecular flexibility index (Phi) is 4.33. The van der Waals surface area contributed by atoms with Crippen LogP contribution in [0.2, 0.25) is 0 Å². The fourth-order valence-electron chi connectivity index (χ4n) is 4.41. The third-order valence-electron chi connectivity index (χ3n) is 6.00. The molecule has 1 nitrogen and oxygen atoms in total. The molecule has 6 aromatic rings. The van der Waals surface area contributed by atoms with Crippen molar-refractivity contribution in [1.82, 2.24) is 0 Å². The molecular formula is C32H22BrN. The molecular weight excluding hydrogens is 478 g/mol. The summed E-state index contributed by atoms with van der Waals surface area (Å²) in [5.41, 5.74) is 2.72. The molecule has 0 N–H and O–H groups in total. The van der Waals surface area contributed by atoms with E-state index in [0.717, 1.165) is 37.4 Å². The third kappa shape index (κ3) is 3.67. The maximum Gasteiger partial charge on any atom is 0.0645 e. The van der Waals surface area contributed by atoms with Crippen molar-refractivity contribution in [2.75, 3.05) is 4.90 Å². The maximum atomic E-state index is 9.17. The van der Waals surface area contributed by atoms with Gasteiger partial charge in [0.1, 0.15) is 0 Å². The highest BCUT2D eigenvalue weighted by Crippen LogP contribution is 2.40. The van der Waals surface area contributed by atoms with Crippen molar-refractivity contribution in [2.45, 2.75) is 0 Å². The van der Waals surface area contributed by atoms with Gasteiger partial charge in [-0.25, -0.2) is 0 Å². The minimum Gasteiger partial charge on any atom is -0.310 e. The molecule has 0 aromatic heterocycles. The van der Waals surface area contributed by atoms with Crippen molar-refractivity contribution in [2.24, 2.45) is 0 Å². The normalized spacial score (nSPS) is 12.7. The van der Waals surface area contributed by atoms with Gasteiger partial charge in [-0.15, -0.1) is 0 Å². The van der Waals surface area contributed by atoms with Crippen molar-refractivity contribution in [3.8, 4) is 11.1 Å². The summed E-state index contributed by atoms with van der Waals surface area (Å²) < 4.78 is 37.4. The number of hydrogen-bond donors (Lipinski definition) is 0. The van der Waals surface area contributed by atoms with Gasteiger partial charge in [-0.1, -0.05) is 113 Å². The van der Waals surface area contributed by atoms with E-state index in [1.807, 2.05) is 114 Å². The zero-order valence-corrected chi connectivity index (χ0v) is 19.8. The van der Waals surface area contributed by atoms with Gasteiger partial charge in [-0.05, 0) is 63.6 Å². The Morgan fingerprint density at radius 1 is 0.529 bits per heavy atom. The fraction of sp³-hybridized carbons (Fsp3) is 0. The van der Waals surface area contributed by atoms with Crippen LogP contribution in [0.25, 0.3) is 32.7 Å². The average Bonchev–Trinajstić information content (AvgIpc) is 2.95. The summed E-state index contributed by atoms with van der Waals surface area (Å²) in [7, 11) is 0. The number of para-hydroxylation sites is 1. The highest BCUT2D eigenvalue weighted by atomic mass is 79.9. The second-order valence-electron chi connectivity index (χ2n) is 8.03. The molecule has 6 rings (SSSR count). The molecule has 0 saturated heterocycles. The summed E-state index contributed by atoms with van der Waals surface area (Å²) in [6, 6.07) is 34.7. The van der Waals surface area contributed by atoms with Crippen LogP contribution < -0.4 is 4.90 Å². The van der Waals surface area contributed by atoms with Gasteiger partial charge in [0.25, 0.3) is 0 Å². The average molecular weight is 504 g/mol. The summed E-state index contributed by atoms with van der Waals surface area (Å²) in [5, 5.41) is 3.80. The summed E-state index contributed by atoms with van der Waals surface area (Å²) >= 11 is 3.60. The van der Waals surface area contributed by atoms with Crippen LogP contribution in [0.15, 0.2) is 138 Å². The molecule has 0 bridgehead atoms. The molecule has 0 atom stereocenters. The van der Waals surface area contributed by atoms with E-state index in [0.29, 0.717) is 11.1 Å². The predicted molar refractivity (Wildman–Crippen MR) is 149 cm³/mol. The van der Waals surface area contributed by atoms with Crippen molar-refractivity contribution < 1.29 is 5.48 Å². The number of rotatable bonds is 4. The minimum atomic E-state index is -0.0928. The lowest BCUT2D eigenvalue weighted by Gasteiger charge is -2.27. The fourth-order valence-corrected chi connectivity index (χ4v) is 4.91. The lowest BCUT2D eigenvalue weighted by molar-refractivity contribution is 1.30. The van der Waals surface area contributed by atoms with Crippen LogP contribution >= 0.6 is 15.9 Å². The van der Waals surface area contributed by atoms with E-state index in [1.54, 1.807) is 0 Å². The second kappa shape index (κ2) is 8.81. The zero-order valence-electron chi connectivity index (χ0n) is 22.2. The maximum absolute atomic E-state index is 9.17. The lowest BCUT2D eigenvalue weighted by Crippen LogP contribution is -2.10. The van der Waals surface area contributed by atoms with Crippen molar-refractivity contribution in [3.05, 3.63) is 138 Å². The summed E-state index contributed by atoms with van der Waals surface area (Å²) in [6.45, 7) is 0. The van der Waals surface area contributed by atoms with Gasteiger partial charge in [0, 0.05) is 21.2 Å². The number of fused-ring (bicyclic) bond motifs is 2. The van der Waals surface area contributed by atoms with Crippen LogP contribution in [-0.4, -0.2) is 0 Å². The van der Waals surface area contributed by atoms with Gasteiger partial charge in [-0.3, -0.25) is 0 Å². The molecule has 0 spiro atoms. The van der Waals surface area contributed by atoms with E-state index in [2.05, 4.69) is 15.9 Å². The molecule has 0 aliphatic carbocycles. The highest BCUT2D eigenvalue weighted by Gasteiger charge is 2.15. The smallest absolute Gasteiger partial charge is 0.0645 e. The quantitative estimate of drug-likeness (QED) is 0.231. The Bertz CT molecular complexity index is 1800. The molecule has 0 aliphatic rings. The van der Waals surface area contributed by atoms with E-state index in [1.165, 1.54) is 0 Å². The minimum absolute atomic E-state index is 0.0744. The van der Waals surface area contributed by atoms with Crippen LogP contribution in [0.4, 0.5) is 17.1 Å². The summed E-state index contributed by atoms with van der Waals surface area (Å²) in [5.74, 6) is 0. The second-order valence-corrected chi connectivity index (χ2v) is 8.89. The van der Waals surface area contributed by atoms with Gasteiger partial charge >= 0.3 is 0 Å². The van der Waals surface area contributed by atoms with Gasteiger partial charge < -0.3 is 4.90 Å². The van der Waals surface area contributed by atoms with Crippen LogP contribution in [0, 0.1) is 0 Å². The Hall–Kier alpha value is -3.88. The molecule has 2 heteroatoms. The Morgan fingerprint density at radius 2 is 1.18 bits per heavy atom. The highest BCUT2D eigenvalue weighted by molar-refractivity contribution is 9.10. The number of nitrogens with zero attached hydrogens (tertiary/aromatic N) is 1. The number of benzene rings is 6. The molecule has 34 heavy (non-hydrogen) atoms. The third-order valence-corrected chi connectivity index (χ3v) is 6.69. The molecule has 0 fully saturated rings. The molecule has 0 aliphatic heterocycles. The van der Waals surface area contributed by atoms with E-state index < -0.39 is 0 Å². The first-order chi connectivity index (χ1) is 18.5. The van der Waals surface area contributed by atoms with Crippen LogP contribution in [0.1, 0.15) is 5.48 Å². The standard InChI is InChI=1S/C32H22BrN/c33-31-17-8-15-29-27(14-7-16-30(29)31)24-19-21-26(22-20-24)34(25-11-2-1-3-12-25)32-18-6-10-23-9-4-5-13-28(23)32/h1-22H/i19D,20D,21D,22D. The topological polar surface area (TPSA) is 3.24 Å². The van der Waals surface area contributed by atoms with E-state index in [4.69, 9.17) is 5.48 Å². The molecule has 0 saturated carbocycles. The van der Waals surface area contributed by atoms with Gasteiger partial charge in [0.15, 0.2) is 0 Å². The Labute approximate surface area is 213 Å². The van der Waals surface area contributed by atoms with Crippen molar-refractivity contribution in [1.29, 1.82) is 0 Å². The molecule has 0 unspecified atom stereocenters. The van der Waals surface area contributed by atoms with Gasteiger partial charge in [0.05, 0.1) is 11.2 Å². The summed E-state index contributed by atoms with van der Waals surface area (Å²) in [4.78, 5) is 1.84. The van der Waals surface area contributed by atoms with Crippen LogP contribution in [0.5, 0.6) is 0 Å². The Balaban J connectivity index is 1.67. The SMILES string of the molecule is [2H]c1c([2H])c(N(c2ccccc2)c2cccc3ccccc23)c([2H])c([2H])c1-c1cccc2c(Br)cccc12. The first-order valence-corrected chi connectivity index (χ1v) is 11.9. The first kappa shape index (κ1) is 16.7. The van der Waals surface area contributed by atoms with Gasteiger partial charge in [0.2, 0.25) is 0 Å². The first-order valence-electron chi connectivity index (χ1n) is 13.1.